The van der Waals surface area contributed by atoms with Crippen LogP contribution in [-0.4, -0.2) is 44.7 Å². The molecule has 1 aliphatic heterocycles. The van der Waals surface area contributed by atoms with Gasteiger partial charge in [0, 0.05) is 19.1 Å². The minimum absolute atomic E-state index is 0.507. The van der Waals surface area contributed by atoms with Gasteiger partial charge in [-0.1, -0.05) is 51.9 Å². The minimum atomic E-state index is -2.99. The van der Waals surface area contributed by atoms with Crippen LogP contribution in [0.25, 0.3) is 0 Å². The lowest BCUT2D eigenvalue weighted by atomic mass is 10.1. The van der Waals surface area contributed by atoms with Crippen molar-refractivity contribution >= 4 is 10.0 Å². The molecule has 0 aliphatic carbocycles. The van der Waals surface area contributed by atoms with Crippen molar-refractivity contribution in [3.63, 3.8) is 0 Å². The molecule has 21 heavy (non-hydrogen) atoms. The van der Waals surface area contributed by atoms with Gasteiger partial charge in [0.05, 0.1) is 6.26 Å². The Hall–Kier alpha value is -0.130. The van der Waals surface area contributed by atoms with E-state index in [9.17, 15) is 8.42 Å². The van der Waals surface area contributed by atoms with Gasteiger partial charge in [-0.3, -0.25) is 0 Å². The molecule has 0 spiro atoms. The van der Waals surface area contributed by atoms with Crippen LogP contribution in [0.4, 0.5) is 0 Å². The summed E-state index contributed by atoms with van der Waals surface area (Å²) in [5, 5.41) is 3.58. The van der Waals surface area contributed by atoms with E-state index in [0.717, 1.165) is 19.4 Å². The van der Waals surface area contributed by atoms with Gasteiger partial charge in [-0.2, -0.15) is 0 Å². The highest BCUT2D eigenvalue weighted by molar-refractivity contribution is 7.88. The second-order valence-corrected chi connectivity index (χ2v) is 8.35. The topological polar surface area (TPSA) is 49.4 Å². The van der Waals surface area contributed by atoms with Crippen LogP contribution < -0.4 is 5.32 Å². The summed E-state index contributed by atoms with van der Waals surface area (Å²) < 4.78 is 24.4. The van der Waals surface area contributed by atoms with E-state index >= 15 is 0 Å². The van der Waals surface area contributed by atoms with Gasteiger partial charge in [-0.25, -0.2) is 12.7 Å². The van der Waals surface area contributed by atoms with Gasteiger partial charge in [-0.05, 0) is 25.8 Å². The number of nitrogens with zero attached hydrogens (tertiary/aromatic N) is 1. The van der Waals surface area contributed by atoms with E-state index in [1.54, 1.807) is 4.31 Å². The Morgan fingerprint density at radius 3 is 2.00 bits per heavy atom. The second kappa shape index (κ2) is 10.6. The summed E-state index contributed by atoms with van der Waals surface area (Å²) >= 11 is 0. The second-order valence-electron chi connectivity index (χ2n) is 6.37. The van der Waals surface area contributed by atoms with Crippen molar-refractivity contribution < 1.29 is 8.42 Å². The van der Waals surface area contributed by atoms with Crippen molar-refractivity contribution in [2.75, 3.05) is 25.9 Å². The molecule has 0 aromatic carbocycles. The maximum atomic E-state index is 11.4. The smallest absolute Gasteiger partial charge is 0.211 e. The zero-order valence-electron chi connectivity index (χ0n) is 13.9. The summed E-state index contributed by atoms with van der Waals surface area (Å²) in [5.74, 6) is 0. The summed E-state index contributed by atoms with van der Waals surface area (Å²) in [6.45, 7) is 4.69. The van der Waals surface area contributed by atoms with E-state index in [1.807, 2.05) is 0 Å². The van der Waals surface area contributed by atoms with Crippen LogP contribution in [0.3, 0.4) is 0 Å². The van der Waals surface area contributed by atoms with Crippen LogP contribution in [0, 0.1) is 0 Å². The minimum Gasteiger partial charge on any atom is -0.314 e. The molecule has 0 aromatic rings. The van der Waals surface area contributed by atoms with E-state index in [4.69, 9.17) is 0 Å². The highest BCUT2D eigenvalue weighted by Gasteiger charge is 2.24. The van der Waals surface area contributed by atoms with Gasteiger partial charge in [-0.15, -0.1) is 0 Å². The van der Waals surface area contributed by atoms with Crippen molar-refractivity contribution in [1.29, 1.82) is 0 Å². The Morgan fingerprint density at radius 2 is 1.48 bits per heavy atom. The zero-order valence-corrected chi connectivity index (χ0v) is 14.8. The Bertz CT molecular complexity index is 349. The van der Waals surface area contributed by atoms with E-state index in [1.165, 1.54) is 57.6 Å². The summed E-state index contributed by atoms with van der Waals surface area (Å²) in [5.41, 5.74) is 0. The first-order chi connectivity index (χ1) is 10.0. The molecular weight excluding hydrogens is 284 g/mol. The molecule has 1 fully saturated rings. The fourth-order valence-electron chi connectivity index (χ4n) is 2.96. The third-order valence-corrected chi connectivity index (χ3v) is 5.69. The first-order valence-electron chi connectivity index (χ1n) is 8.72. The van der Waals surface area contributed by atoms with Crippen LogP contribution in [-0.2, 0) is 10.0 Å². The van der Waals surface area contributed by atoms with Crippen molar-refractivity contribution in [2.24, 2.45) is 0 Å². The predicted molar refractivity (Wildman–Crippen MR) is 90.1 cm³/mol. The van der Waals surface area contributed by atoms with Crippen LogP contribution in [0.1, 0.15) is 71.1 Å². The van der Waals surface area contributed by atoms with E-state index in [-0.39, 0.29) is 0 Å². The highest BCUT2D eigenvalue weighted by atomic mass is 32.2. The fourth-order valence-corrected chi connectivity index (χ4v) is 3.83. The monoisotopic (exact) mass is 318 g/mol. The summed E-state index contributed by atoms with van der Waals surface area (Å²) in [4.78, 5) is 0. The van der Waals surface area contributed by atoms with E-state index in [2.05, 4.69) is 12.2 Å². The number of unbranched alkanes of at least 4 members (excludes halogenated alkanes) is 7. The summed E-state index contributed by atoms with van der Waals surface area (Å²) in [6, 6.07) is 0.507. The van der Waals surface area contributed by atoms with Crippen molar-refractivity contribution in [3.8, 4) is 0 Å². The lowest BCUT2D eigenvalue weighted by Gasteiger charge is -2.30. The van der Waals surface area contributed by atoms with Gasteiger partial charge in [0.15, 0.2) is 0 Å². The molecule has 1 heterocycles. The quantitative estimate of drug-likeness (QED) is 0.595. The number of hydrogen-bond donors (Lipinski definition) is 1. The maximum absolute atomic E-state index is 11.4. The molecule has 1 N–H and O–H groups in total. The van der Waals surface area contributed by atoms with Crippen molar-refractivity contribution in [3.05, 3.63) is 0 Å². The molecule has 5 heteroatoms. The van der Waals surface area contributed by atoms with Crippen molar-refractivity contribution in [1.82, 2.24) is 9.62 Å². The molecule has 0 aromatic heterocycles. The van der Waals surface area contributed by atoms with Crippen molar-refractivity contribution in [2.45, 2.75) is 77.2 Å². The molecule has 1 aliphatic rings. The first kappa shape index (κ1) is 18.9. The molecule has 0 saturated carbocycles. The van der Waals surface area contributed by atoms with Crippen LogP contribution in [0.15, 0.2) is 0 Å². The van der Waals surface area contributed by atoms with Gasteiger partial charge < -0.3 is 5.32 Å². The Balaban J connectivity index is 1.93. The lowest BCUT2D eigenvalue weighted by Crippen LogP contribution is -2.44. The number of hydrogen-bond acceptors (Lipinski definition) is 3. The van der Waals surface area contributed by atoms with Crippen LogP contribution >= 0.6 is 0 Å². The Kier molecular flexibility index (Phi) is 9.52. The van der Waals surface area contributed by atoms with Crippen LogP contribution in [0.2, 0.25) is 0 Å². The first-order valence-corrected chi connectivity index (χ1v) is 10.6. The molecule has 1 rings (SSSR count). The van der Waals surface area contributed by atoms with E-state index < -0.39 is 10.0 Å². The van der Waals surface area contributed by atoms with Crippen LogP contribution in [0.5, 0.6) is 0 Å². The van der Waals surface area contributed by atoms with E-state index in [0.29, 0.717) is 19.1 Å². The maximum Gasteiger partial charge on any atom is 0.211 e. The molecule has 1 saturated heterocycles. The number of rotatable bonds is 11. The number of nitrogens with one attached hydrogen (secondary N) is 1. The molecule has 0 unspecified atom stereocenters. The molecule has 4 nitrogen and oxygen atoms in total. The summed E-state index contributed by atoms with van der Waals surface area (Å²) in [6.07, 6.45) is 14.0. The van der Waals surface area contributed by atoms with Gasteiger partial charge >= 0.3 is 0 Å². The third-order valence-electron chi connectivity index (χ3n) is 4.39. The average Bonchev–Trinajstić information content (AvgIpc) is 2.45. The number of piperidine rings is 1. The van der Waals surface area contributed by atoms with Gasteiger partial charge in [0.25, 0.3) is 0 Å². The summed E-state index contributed by atoms with van der Waals surface area (Å²) in [7, 11) is -2.99. The largest absolute Gasteiger partial charge is 0.314 e. The molecule has 0 atom stereocenters. The SMILES string of the molecule is CCCCCCCCCCNC1CCN(S(C)(=O)=O)CC1. The van der Waals surface area contributed by atoms with Gasteiger partial charge in [0.2, 0.25) is 10.0 Å². The average molecular weight is 319 g/mol. The molecule has 0 bridgehead atoms. The Morgan fingerprint density at radius 1 is 0.952 bits per heavy atom. The molecular formula is C16H34N2O2S. The fraction of sp³-hybridized carbons (Fsp3) is 1.00. The zero-order chi connectivity index (χ0) is 15.6. The highest BCUT2D eigenvalue weighted by Crippen LogP contribution is 2.13. The van der Waals surface area contributed by atoms with Gasteiger partial charge in [0.1, 0.15) is 0 Å². The standard InChI is InChI=1S/C16H34N2O2S/c1-3-4-5-6-7-8-9-10-13-17-16-11-14-18(15-12-16)21(2,19)20/h16-17H,3-15H2,1-2H3. The molecule has 0 radical (unpaired) electrons. The normalized spacial score (nSPS) is 18.2. The third kappa shape index (κ3) is 8.79. The Labute approximate surface area is 131 Å². The lowest BCUT2D eigenvalue weighted by molar-refractivity contribution is 0.290. The predicted octanol–water partition coefficient (Wildman–Crippen LogP) is 3.14. The number of sulfonamides is 1. The molecule has 126 valence electrons. The molecule has 0 amide bonds.